The Morgan fingerprint density at radius 2 is 1.81 bits per heavy atom. The molecule has 32 heavy (non-hydrogen) atoms. The van der Waals surface area contributed by atoms with Crippen LogP contribution in [0.25, 0.3) is 10.9 Å². The molecule has 0 bridgehead atoms. The molecular formula is C21H14F3N5O3. The predicted octanol–water partition coefficient (Wildman–Crippen LogP) is 5.80. The third-order valence-corrected chi connectivity index (χ3v) is 4.49. The van der Waals surface area contributed by atoms with E-state index < -0.39 is 39.7 Å². The summed E-state index contributed by atoms with van der Waals surface area (Å²) in [5, 5.41) is 14.9. The lowest BCUT2D eigenvalue weighted by atomic mass is 10.1. The molecule has 0 aliphatic carbocycles. The SMILES string of the molecule is Cc1ccc2cccc(Oc3ncnc(Nc4ccccc4C(F)(F)F)c3[N+](=O)[O-])c2n1. The predicted molar refractivity (Wildman–Crippen MR) is 110 cm³/mol. The number of anilines is 2. The molecule has 0 saturated carbocycles. The van der Waals surface area contributed by atoms with Crippen molar-refractivity contribution in [2.75, 3.05) is 5.32 Å². The molecule has 0 radical (unpaired) electrons. The number of nitro groups is 1. The maximum absolute atomic E-state index is 13.3. The number of pyridine rings is 1. The summed E-state index contributed by atoms with van der Waals surface area (Å²) in [5.74, 6) is -0.677. The molecule has 0 amide bonds. The van der Waals surface area contributed by atoms with Crippen molar-refractivity contribution in [3.8, 4) is 11.6 Å². The molecule has 0 unspecified atom stereocenters. The second kappa shape index (κ2) is 8.10. The highest BCUT2D eigenvalue weighted by molar-refractivity contribution is 5.85. The Kier molecular flexibility index (Phi) is 5.31. The van der Waals surface area contributed by atoms with Gasteiger partial charge in [-0.3, -0.25) is 10.1 Å². The Hall–Kier alpha value is -4.28. The molecular weight excluding hydrogens is 427 g/mol. The minimum absolute atomic E-state index is 0.203. The fourth-order valence-corrected chi connectivity index (χ4v) is 3.06. The zero-order chi connectivity index (χ0) is 22.9. The van der Waals surface area contributed by atoms with Crippen molar-refractivity contribution in [2.45, 2.75) is 13.1 Å². The lowest BCUT2D eigenvalue weighted by molar-refractivity contribution is -0.385. The lowest BCUT2D eigenvalue weighted by Gasteiger charge is -2.14. The Morgan fingerprint density at radius 1 is 1.03 bits per heavy atom. The Labute approximate surface area is 178 Å². The van der Waals surface area contributed by atoms with E-state index in [1.54, 1.807) is 31.2 Å². The van der Waals surface area contributed by atoms with Gasteiger partial charge in [0.1, 0.15) is 11.8 Å². The number of halogens is 3. The van der Waals surface area contributed by atoms with E-state index in [4.69, 9.17) is 4.74 Å². The molecule has 4 aromatic rings. The van der Waals surface area contributed by atoms with E-state index >= 15 is 0 Å². The first kappa shape index (κ1) is 21.0. The van der Waals surface area contributed by atoms with Crippen molar-refractivity contribution in [3.05, 3.63) is 82.3 Å². The summed E-state index contributed by atoms with van der Waals surface area (Å²) in [6.07, 6.45) is -3.71. The van der Waals surface area contributed by atoms with Crippen LogP contribution in [0.15, 0.2) is 60.9 Å². The summed E-state index contributed by atoms with van der Waals surface area (Å²) in [7, 11) is 0. The number of hydrogen-bond donors (Lipinski definition) is 1. The Bertz CT molecular complexity index is 1330. The minimum atomic E-state index is -4.67. The van der Waals surface area contributed by atoms with Crippen LogP contribution in [-0.4, -0.2) is 19.9 Å². The molecule has 162 valence electrons. The molecule has 4 rings (SSSR count). The standard InChI is InChI=1S/C21H14F3N5O3/c1-12-9-10-13-5-4-8-16(17(13)27-12)32-20-18(29(30)31)19(25-11-26-20)28-15-7-3-2-6-14(15)21(22,23)24/h2-11H,1H3,(H,25,26,28). The van der Waals surface area contributed by atoms with E-state index in [9.17, 15) is 23.3 Å². The van der Waals surface area contributed by atoms with Crippen LogP contribution in [0, 0.1) is 17.0 Å². The maximum atomic E-state index is 13.3. The van der Waals surface area contributed by atoms with Gasteiger partial charge in [-0.05, 0) is 31.2 Å². The van der Waals surface area contributed by atoms with Gasteiger partial charge in [0.2, 0.25) is 5.82 Å². The summed E-state index contributed by atoms with van der Waals surface area (Å²) >= 11 is 0. The van der Waals surface area contributed by atoms with Gasteiger partial charge in [-0.25, -0.2) is 9.97 Å². The number of nitrogens with zero attached hydrogens (tertiary/aromatic N) is 4. The van der Waals surface area contributed by atoms with Crippen molar-refractivity contribution in [3.63, 3.8) is 0 Å². The number of para-hydroxylation sites is 2. The van der Waals surface area contributed by atoms with Gasteiger partial charge < -0.3 is 10.1 Å². The fraction of sp³-hybridized carbons (Fsp3) is 0.0952. The molecule has 2 aromatic carbocycles. The zero-order valence-corrected chi connectivity index (χ0v) is 16.4. The molecule has 0 aliphatic heterocycles. The number of rotatable bonds is 5. The van der Waals surface area contributed by atoms with E-state index in [2.05, 4.69) is 20.3 Å². The first-order valence-electron chi connectivity index (χ1n) is 9.21. The molecule has 0 aliphatic rings. The molecule has 0 fully saturated rings. The van der Waals surface area contributed by atoms with Crippen molar-refractivity contribution < 1.29 is 22.8 Å². The van der Waals surface area contributed by atoms with Crippen LogP contribution in [0.2, 0.25) is 0 Å². The van der Waals surface area contributed by atoms with Gasteiger partial charge >= 0.3 is 17.7 Å². The molecule has 0 saturated heterocycles. The summed E-state index contributed by atoms with van der Waals surface area (Å²) in [5.41, 5.74) is -0.942. The van der Waals surface area contributed by atoms with Crippen LogP contribution in [0.1, 0.15) is 11.3 Å². The van der Waals surface area contributed by atoms with E-state index in [1.807, 2.05) is 6.07 Å². The summed E-state index contributed by atoms with van der Waals surface area (Å²) in [6.45, 7) is 1.78. The van der Waals surface area contributed by atoms with Gasteiger partial charge in [0, 0.05) is 11.1 Å². The molecule has 11 heteroatoms. The largest absolute Gasteiger partial charge is 0.431 e. The van der Waals surface area contributed by atoms with Crippen LogP contribution in [0.5, 0.6) is 11.6 Å². The summed E-state index contributed by atoms with van der Waals surface area (Å²) in [4.78, 5) is 23.0. The summed E-state index contributed by atoms with van der Waals surface area (Å²) in [6, 6.07) is 13.2. The van der Waals surface area contributed by atoms with E-state index in [0.29, 0.717) is 11.2 Å². The molecule has 1 N–H and O–H groups in total. The van der Waals surface area contributed by atoms with Crippen LogP contribution in [0.4, 0.5) is 30.4 Å². The van der Waals surface area contributed by atoms with Crippen LogP contribution < -0.4 is 10.1 Å². The van der Waals surface area contributed by atoms with E-state index in [-0.39, 0.29) is 5.75 Å². The fourth-order valence-electron chi connectivity index (χ4n) is 3.06. The van der Waals surface area contributed by atoms with Crippen molar-refractivity contribution >= 4 is 28.1 Å². The van der Waals surface area contributed by atoms with Crippen LogP contribution in [0.3, 0.4) is 0 Å². The van der Waals surface area contributed by atoms with Crippen molar-refractivity contribution in [1.82, 2.24) is 15.0 Å². The lowest BCUT2D eigenvalue weighted by Crippen LogP contribution is -2.10. The molecule has 2 heterocycles. The third-order valence-electron chi connectivity index (χ3n) is 4.49. The molecule has 0 spiro atoms. The number of hydrogen-bond acceptors (Lipinski definition) is 7. The second-order valence-electron chi connectivity index (χ2n) is 6.68. The number of benzene rings is 2. The van der Waals surface area contributed by atoms with Gasteiger partial charge in [0.15, 0.2) is 5.75 Å². The number of alkyl halides is 3. The molecule has 0 atom stereocenters. The number of ether oxygens (including phenoxy) is 1. The van der Waals surface area contributed by atoms with Gasteiger partial charge in [0.05, 0.1) is 16.2 Å². The van der Waals surface area contributed by atoms with Gasteiger partial charge in [-0.1, -0.05) is 30.3 Å². The molecule has 2 aromatic heterocycles. The minimum Gasteiger partial charge on any atom is -0.431 e. The average molecular weight is 441 g/mol. The summed E-state index contributed by atoms with van der Waals surface area (Å²) < 4.78 is 45.7. The Morgan fingerprint density at radius 3 is 2.56 bits per heavy atom. The monoisotopic (exact) mass is 441 g/mol. The maximum Gasteiger partial charge on any atom is 0.418 e. The highest BCUT2D eigenvalue weighted by atomic mass is 19.4. The quantitative estimate of drug-likeness (QED) is 0.309. The Balaban J connectivity index is 1.78. The normalized spacial score (nSPS) is 11.4. The topological polar surface area (TPSA) is 103 Å². The number of nitrogens with one attached hydrogen (secondary N) is 1. The van der Waals surface area contributed by atoms with E-state index in [0.717, 1.165) is 23.8 Å². The van der Waals surface area contributed by atoms with E-state index in [1.165, 1.54) is 12.1 Å². The highest BCUT2D eigenvalue weighted by Gasteiger charge is 2.34. The highest BCUT2D eigenvalue weighted by Crippen LogP contribution is 2.40. The van der Waals surface area contributed by atoms with Crippen molar-refractivity contribution in [2.24, 2.45) is 0 Å². The van der Waals surface area contributed by atoms with Gasteiger partial charge in [-0.15, -0.1) is 0 Å². The first-order chi connectivity index (χ1) is 15.2. The van der Waals surface area contributed by atoms with Crippen molar-refractivity contribution in [1.29, 1.82) is 0 Å². The number of aromatic nitrogens is 3. The van der Waals surface area contributed by atoms with Gasteiger partial charge in [-0.2, -0.15) is 18.2 Å². The number of aryl methyl sites for hydroxylation is 1. The second-order valence-corrected chi connectivity index (χ2v) is 6.68. The number of fused-ring (bicyclic) bond motifs is 1. The first-order valence-corrected chi connectivity index (χ1v) is 9.21. The third kappa shape index (κ3) is 4.13. The van der Waals surface area contributed by atoms with Crippen LogP contribution >= 0.6 is 0 Å². The zero-order valence-electron chi connectivity index (χ0n) is 16.4. The molecule has 8 nitrogen and oxygen atoms in total. The smallest absolute Gasteiger partial charge is 0.418 e. The van der Waals surface area contributed by atoms with Crippen LogP contribution in [-0.2, 0) is 6.18 Å². The average Bonchev–Trinajstić information content (AvgIpc) is 2.74. The van der Waals surface area contributed by atoms with Gasteiger partial charge in [0.25, 0.3) is 0 Å².